The molecular weight excluding hydrogens is 264 g/mol. The number of benzene rings is 1. The van der Waals surface area contributed by atoms with Gasteiger partial charge in [0.2, 0.25) is 0 Å². The summed E-state index contributed by atoms with van der Waals surface area (Å²) in [6.07, 6.45) is 2.18. The fourth-order valence-electron chi connectivity index (χ4n) is 2.72. The van der Waals surface area contributed by atoms with Crippen molar-refractivity contribution in [2.45, 2.75) is 38.8 Å². The summed E-state index contributed by atoms with van der Waals surface area (Å²) in [7, 11) is 0. The lowest BCUT2D eigenvalue weighted by atomic mass is 9.97. The predicted molar refractivity (Wildman–Crippen MR) is 83.8 cm³/mol. The van der Waals surface area contributed by atoms with Gasteiger partial charge in [-0.15, -0.1) is 0 Å². The number of piperidine rings is 1. The average Bonchev–Trinajstić information content (AvgIpc) is 2.53. The summed E-state index contributed by atoms with van der Waals surface area (Å²) in [5.74, 6) is 0.138. The Balaban J connectivity index is 1.75. The molecule has 1 fully saturated rings. The van der Waals surface area contributed by atoms with E-state index >= 15 is 0 Å². The standard InChI is InChI=1S/C17H26N2O2/c1-13(2)19-10-8-14(9-11-19)12-21-17(20)16(18)15-6-4-3-5-7-15/h3-7,13-14,16H,8-12,18H2,1-2H3. The van der Waals surface area contributed by atoms with Crippen molar-refractivity contribution in [2.24, 2.45) is 11.7 Å². The molecule has 0 spiro atoms. The van der Waals surface area contributed by atoms with Crippen LogP contribution in [0.3, 0.4) is 0 Å². The van der Waals surface area contributed by atoms with Gasteiger partial charge < -0.3 is 15.4 Å². The molecule has 0 bridgehead atoms. The van der Waals surface area contributed by atoms with E-state index in [1.165, 1.54) is 0 Å². The highest BCUT2D eigenvalue weighted by Gasteiger charge is 2.23. The Kier molecular flexibility index (Phi) is 5.76. The molecule has 1 aromatic rings. The van der Waals surface area contributed by atoms with Crippen molar-refractivity contribution >= 4 is 5.97 Å². The van der Waals surface area contributed by atoms with Crippen molar-refractivity contribution in [1.29, 1.82) is 0 Å². The highest BCUT2D eigenvalue weighted by molar-refractivity contribution is 5.77. The molecular formula is C17H26N2O2. The normalized spacial score (nSPS) is 18.7. The van der Waals surface area contributed by atoms with Gasteiger partial charge in [-0.2, -0.15) is 0 Å². The van der Waals surface area contributed by atoms with Gasteiger partial charge in [-0.25, -0.2) is 4.79 Å². The summed E-state index contributed by atoms with van der Waals surface area (Å²) in [4.78, 5) is 14.5. The zero-order chi connectivity index (χ0) is 15.2. The fraction of sp³-hybridized carbons (Fsp3) is 0.588. The van der Waals surface area contributed by atoms with Crippen molar-refractivity contribution in [3.63, 3.8) is 0 Å². The molecule has 0 aromatic heterocycles. The van der Waals surface area contributed by atoms with Gasteiger partial charge in [-0.05, 0) is 51.3 Å². The van der Waals surface area contributed by atoms with Gasteiger partial charge in [-0.3, -0.25) is 0 Å². The molecule has 0 aliphatic carbocycles. The number of nitrogens with two attached hydrogens (primary N) is 1. The third-order valence-electron chi connectivity index (χ3n) is 4.25. The van der Waals surface area contributed by atoms with E-state index in [0.717, 1.165) is 31.5 Å². The topological polar surface area (TPSA) is 55.6 Å². The molecule has 2 rings (SSSR count). The minimum atomic E-state index is -0.679. The third kappa shape index (κ3) is 4.55. The summed E-state index contributed by atoms with van der Waals surface area (Å²) in [6, 6.07) is 9.29. The number of ether oxygens (including phenoxy) is 1. The highest BCUT2D eigenvalue weighted by Crippen LogP contribution is 2.20. The van der Waals surface area contributed by atoms with Crippen LogP contribution >= 0.6 is 0 Å². The van der Waals surface area contributed by atoms with Gasteiger partial charge in [0, 0.05) is 6.04 Å². The van der Waals surface area contributed by atoms with E-state index in [4.69, 9.17) is 10.5 Å². The molecule has 1 aliphatic rings. The maximum Gasteiger partial charge on any atom is 0.327 e. The molecule has 0 radical (unpaired) electrons. The third-order valence-corrected chi connectivity index (χ3v) is 4.25. The van der Waals surface area contributed by atoms with Crippen LogP contribution in [0.1, 0.15) is 38.3 Å². The van der Waals surface area contributed by atoms with E-state index < -0.39 is 6.04 Å². The molecule has 1 atom stereocenters. The first-order chi connectivity index (χ1) is 10.1. The van der Waals surface area contributed by atoms with Crippen LogP contribution in [0.25, 0.3) is 0 Å². The molecule has 1 unspecified atom stereocenters. The van der Waals surface area contributed by atoms with Crippen molar-refractivity contribution in [1.82, 2.24) is 4.90 Å². The van der Waals surface area contributed by atoms with Crippen LogP contribution in [-0.2, 0) is 9.53 Å². The second-order valence-electron chi connectivity index (χ2n) is 6.09. The van der Waals surface area contributed by atoms with Crippen LogP contribution in [0.5, 0.6) is 0 Å². The van der Waals surface area contributed by atoms with Crippen LogP contribution in [0.4, 0.5) is 0 Å². The van der Waals surface area contributed by atoms with E-state index in [2.05, 4.69) is 18.7 Å². The van der Waals surface area contributed by atoms with Gasteiger partial charge in [-0.1, -0.05) is 30.3 Å². The quantitative estimate of drug-likeness (QED) is 0.846. The van der Waals surface area contributed by atoms with E-state index in [1.807, 2.05) is 30.3 Å². The summed E-state index contributed by atoms with van der Waals surface area (Å²) in [6.45, 7) is 7.11. The Morgan fingerprint density at radius 3 is 2.48 bits per heavy atom. The first-order valence-electron chi connectivity index (χ1n) is 7.79. The molecule has 1 aromatic carbocycles. The van der Waals surface area contributed by atoms with E-state index in [9.17, 15) is 4.79 Å². The zero-order valence-corrected chi connectivity index (χ0v) is 13.0. The number of carbonyl (C=O) groups excluding carboxylic acids is 1. The summed E-state index contributed by atoms with van der Waals surface area (Å²) >= 11 is 0. The monoisotopic (exact) mass is 290 g/mol. The molecule has 4 nitrogen and oxygen atoms in total. The lowest BCUT2D eigenvalue weighted by molar-refractivity contribution is -0.147. The highest BCUT2D eigenvalue weighted by atomic mass is 16.5. The summed E-state index contributed by atoms with van der Waals surface area (Å²) in [5, 5.41) is 0. The number of esters is 1. The number of hydrogen-bond donors (Lipinski definition) is 1. The second kappa shape index (κ2) is 7.57. The lowest BCUT2D eigenvalue weighted by Gasteiger charge is -2.34. The number of rotatable bonds is 5. The van der Waals surface area contributed by atoms with Crippen LogP contribution in [-0.4, -0.2) is 36.6 Å². The molecule has 116 valence electrons. The zero-order valence-electron chi connectivity index (χ0n) is 13.0. The van der Waals surface area contributed by atoms with Crippen molar-refractivity contribution in [2.75, 3.05) is 19.7 Å². The number of carbonyl (C=O) groups is 1. The van der Waals surface area contributed by atoms with Gasteiger partial charge in [0.1, 0.15) is 6.04 Å². The molecule has 21 heavy (non-hydrogen) atoms. The fourth-order valence-corrected chi connectivity index (χ4v) is 2.72. The second-order valence-corrected chi connectivity index (χ2v) is 6.09. The molecule has 4 heteroatoms. The van der Waals surface area contributed by atoms with Gasteiger partial charge in [0.05, 0.1) is 6.61 Å². The number of hydrogen-bond acceptors (Lipinski definition) is 4. The molecule has 0 amide bonds. The Labute approximate surface area is 127 Å². The number of nitrogens with zero attached hydrogens (tertiary/aromatic N) is 1. The van der Waals surface area contributed by atoms with E-state index in [-0.39, 0.29) is 5.97 Å². The smallest absolute Gasteiger partial charge is 0.327 e. The van der Waals surface area contributed by atoms with E-state index in [0.29, 0.717) is 18.6 Å². The van der Waals surface area contributed by atoms with E-state index in [1.54, 1.807) is 0 Å². The first-order valence-corrected chi connectivity index (χ1v) is 7.79. The summed E-state index contributed by atoms with van der Waals surface area (Å²) in [5.41, 5.74) is 6.74. The minimum absolute atomic E-state index is 0.326. The first kappa shape index (κ1) is 16.0. The van der Waals surface area contributed by atoms with Gasteiger partial charge in [0.25, 0.3) is 0 Å². The summed E-state index contributed by atoms with van der Waals surface area (Å²) < 4.78 is 5.41. The minimum Gasteiger partial charge on any atom is -0.464 e. The lowest BCUT2D eigenvalue weighted by Crippen LogP contribution is -2.39. The van der Waals surface area contributed by atoms with Gasteiger partial charge in [0.15, 0.2) is 0 Å². The van der Waals surface area contributed by atoms with Crippen molar-refractivity contribution in [3.05, 3.63) is 35.9 Å². The molecule has 2 N–H and O–H groups in total. The maximum absolute atomic E-state index is 12.0. The number of likely N-dealkylation sites (tertiary alicyclic amines) is 1. The van der Waals surface area contributed by atoms with Crippen molar-refractivity contribution in [3.8, 4) is 0 Å². The largest absolute Gasteiger partial charge is 0.464 e. The SMILES string of the molecule is CC(C)N1CCC(COC(=O)C(N)c2ccccc2)CC1. The van der Waals surface area contributed by atoms with Crippen LogP contribution < -0.4 is 5.73 Å². The Bertz CT molecular complexity index is 439. The van der Waals surface area contributed by atoms with Crippen LogP contribution in [0, 0.1) is 5.92 Å². The van der Waals surface area contributed by atoms with Gasteiger partial charge >= 0.3 is 5.97 Å². The van der Waals surface area contributed by atoms with Crippen molar-refractivity contribution < 1.29 is 9.53 Å². The van der Waals surface area contributed by atoms with Crippen LogP contribution in [0.15, 0.2) is 30.3 Å². The Morgan fingerprint density at radius 1 is 1.29 bits per heavy atom. The van der Waals surface area contributed by atoms with Crippen LogP contribution in [0.2, 0.25) is 0 Å². The molecule has 0 saturated carbocycles. The Hall–Kier alpha value is -1.39. The average molecular weight is 290 g/mol. The molecule has 1 aliphatic heterocycles. The molecule has 1 heterocycles. The maximum atomic E-state index is 12.0. The predicted octanol–water partition coefficient (Wildman–Crippen LogP) is 2.35. The Morgan fingerprint density at radius 2 is 1.90 bits per heavy atom. The molecule has 1 saturated heterocycles.